The first-order valence-electron chi connectivity index (χ1n) is 9.88. The molecule has 4 rings (SSSR count). The number of para-hydroxylation sites is 1. The molecule has 0 saturated carbocycles. The molecule has 8 heteroatoms. The van der Waals surface area contributed by atoms with Gasteiger partial charge in [-0.3, -0.25) is 14.6 Å². The predicted octanol–water partition coefficient (Wildman–Crippen LogP) is 2.54. The van der Waals surface area contributed by atoms with E-state index in [9.17, 15) is 14.4 Å². The van der Waals surface area contributed by atoms with Crippen LogP contribution < -0.4 is 5.73 Å². The average Bonchev–Trinajstić information content (AvgIpc) is 3.21. The van der Waals surface area contributed by atoms with Gasteiger partial charge in [0.25, 0.3) is 0 Å². The molecular weight excluding hydrogens is 410 g/mol. The lowest BCUT2D eigenvalue weighted by atomic mass is 10.1. The van der Waals surface area contributed by atoms with Crippen LogP contribution >= 0.6 is 0 Å². The second kappa shape index (κ2) is 10.4. The lowest BCUT2D eigenvalue weighted by Gasteiger charge is -2.12. The third-order valence-electron chi connectivity index (χ3n) is 4.76. The fourth-order valence-corrected chi connectivity index (χ4v) is 3.09. The van der Waals surface area contributed by atoms with Crippen LogP contribution in [0.15, 0.2) is 66.9 Å². The highest BCUT2D eigenvalue weighted by Crippen LogP contribution is 2.26. The van der Waals surface area contributed by atoms with Crippen LogP contribution in [0.4, 0.5) is 0 Å². The number of H-pyrrole nitrogens is 1. The number of hydrogen-bond donors (Lipinski definition) is 3. The molecule has 2 atom stereocenters. The number of nitrogens with zero attached hydrogens (tertiary/aromatic N) is 1. The first-order valence-corrected chi connectivity index (χ1v) is 9.88. The van der Waals surface area contributed by atoms with Crippen molar-refractivity contribution >= 4 is 39.8 Å². The number of aromatic nitrogens is 2. The summed E-state index contributed by atoms with van der Waals surface area (Å²) in [6.45, 7) is 1.60. The Hall–Kier alpha value is -3.88. The van der Waals surface area contributed by atoms with E-state index in [0.717, 1.165) is 27.4 Å². The molecular formula is C24H23N3O5. The standard InChI is InChI=1S/C13H10N2O.C11H13NO4/c1-8(16)12-13-10(6-7-14-12)9-4-2-3-5-11(9)15-13;12-10(9(14)6-13)11(15)16-7-8-4-2-1-3-5-8/h2-7,15H,1H3;1-6,9-10,14H,7,12H2. The molecule has 0 radical (unpaired) electrons. The maximum atomic E-state index is 11.5. The van der Waals surface area contributed by atoms with E-state index < -0.39 is 18.1 Å². The number of aldehydes is 1. The molecule has 0 aliphatic carbocycles. The number of aromatic amines is 1. The van der Waals surface area contributed by atoms with Gasteiger partial charge in [0.15, 0.2) is 12.1 Å². The SMILES string of the molecule is CC(=O)c1nccc2c1[nH]c1ccccc12.NC(C(=O)OCc1ccccc1)C(O)C=O. The Kier molecular flexibility index (Phi) is 7.43. The largest absolute Gasteiger partial charge is 0.460 e. The minimum absolute atomic E-state index is 0.0165. The van der Waals surface area contributed by atoms with Crippen molar-refractivity contribution < 1.29 is 24.2 Å². The first-order chi connectivity index (χ1) is 15.4. The average molecular weight is 433 g/mol. The number of ketones is 1. The Bertz CT molecular complexity index is 1240. The Labute approximate surface area is 184 Å². The van der Waals surface area contributed by atoms with E-state index in [4.69, 9.17) is 15.6 Å². The molecule has 32 heavy (non-hydrogen) atoms. The van der Waals surface area contributed by atoms with Crippen LogP contribution in [0.1, 0.15) is 23.0 Å². The Morgan fingerprint density at radius 1 is 1.09 bits per heavy atom. The van der Waals surface area contributed by atoms with Gasteiger partial charge in [-0.2, -0.15) is 0 Å². The van der Waals surface area contributed by atoms with Crippen LogP contribution in [0, 0.1) is 0 Å². The summed E-state index contributed by atoms with van der Waals surface area (Å²) in [4.78, 5) is 40.3. The highest BCUT2D eigenvalue weighted by molar-refractivity contribution is 6.13. The van der Waals surface area contributed by atoms with Gasteiger partial charge >= 0.3 is 5.97 Å². The molecule has 0 fully saturated rings. The molecule has 0 spiro atoms. The fourth-order valence-electron chi connectivity index (χ4n) is 3.09. The van der Waals surface area contributed by atoms with Gasteiger partial charge in [-0.15, -0.1) is 0 Å². The van der Waals surface area contributed by atoms with Crippen LogP contribution in [0.5, 0.6) is 0 Å². The molecule has 4 aromatic rings. The molecule has 164 valence electrons. The van der Waals surface area contributed by atoms with Gasteiger partial charge < -0.3 is 25.4 Å². The number of benzene rings is 2. The minimum atomic E-state index is -1.52. The van der Waals surface area contributed by atoms with E-state index in [1.165, 1.54) is 6.92 Å². The number of aliphatic hydroxyl groups is 1. The number of fused-ring (bicyclic) bond motifs is 3. The molecule has 8 nitrogen and oxygen atoms in total. The Morgan fingerprint density at radius 3 is 2.47 bits per heavy atom. The molecule has 4 N–H and O–H groups in total. The summed E-state index contributed by atoms with van der Waals surface area (Å²) in [7, 11) is 0. The lowest BCUT2D eigenvalue weighted by Crippen LogP contribution is -2.43. The molecule has 2 unspecified atom stereocenters. The van der Waals surface area contributed by atoms with Gasteiger partial charge in [-0.05, 0) is 17.7 Å². The van der Waals surface area contributed by atoms with Gasteiger partial charge in [0.05, 0.1) is 5.52 Å². The number of hydrogen-bond acceptors (Lipinski definition) is 7. The number of nitrogens with one attached hydrogen (secondary N) is 1. The summed E-state index contributed by atoms with van der Waals surface area (Å²) in [5, 5.41) is 11.2. The summed E-state index contributed by atoms with van der Waals surface area (Å²) in [5.74, 6) is -0.819. The van der Waals surface area contributed by atoms with E-state index in [-0.39, 0.29) is 18.7 Å². The van der Waals surface area contributed by atoms with Crippen molar-refractivity contribution in [2.45, 2.75) is 25.7 Å². The second-order valence-electron chi connectivity index (χ2n) is 7.05. The van der Waals surface area contributed by atoms with Gasteiger partial charge in [0, 0.05) is 29.4 Å². The van der Waals surface area contributed by atoms with Crippen molar-refractivity contribution in [2.24, 2.45) is 5.73 Å². The van der Waals surface area contributed by atoms with Crippen LogP contribution in [-0.4, -0.2) is 45.3 Å². The Morgan fingerprint density at radius 2 is 1.78 bits per heavy atom. The number of aliphatic hydroxyl groups excluding tert-OH is 1. The van der Waals surface area contributed by atoms with Crippen LogP contribution in [-0.2, 0) is 20.9 Å². The van der Waals surface area contributed by atoms with E-state index in [1.54, 1.807) is 18.3 Å². The monoisotopic (exact) mass is 433 g/mol. The summed E-state index contributed by atoms with van der Waals surface area (Å²) in [6, 6.07) is 17.6. The lowest BCUT2D eigenvalue weighted by molar-refractivity contribution is -0.150. The topological polar surface area (TPSA) is 135 Å². The zero-order valence-corrected chi connectivity index (χ0v) is 17.4. The summed E-state index contributed by atoms with van der Waals surface area (Å²) >= 11 is 0. The highest BCUT2D eigenvalue weighted by Gasteiger charge is 2.23. The minimum Gasteiger partial charge on any atom is -0.460 e. The predicted molar refractivity (Wildman–Crippen MR) is 120 cm³/mol. The molecule has 2 aromatic heterocycles. The van der Waals surface area contributed by atoms with Crippen molar-refractivity contribution in [2.75, 3.05) is 0 Å². The van der Waals surface area contributed by atoms with Crippen molar-refractivity contribution in [3.05, 3.63) is 78.1 Å². The molecule has 0 bridgehead atoms. The van der Waals surface area contributed by atoms with Crippen molar-refractivity contribution in [1.29, 1.82) is 0 Å². The highest BCUT2D eigenvalue weighted by atomic mass is 16.5. The number of esters is 1. The van der Waals surface area contributed by atoms with Crippen molar-refractivity contribution in [1.82, 2.24) is 9.97 Å². The number of Topliss-reactive ketones (excluding diaryl/α,β-unsaturated/α-hetero) is 1. The van der Waals surface area contributed by atoms with E-state index in [2.05, 4.69) is 9.97 Å². The first kappa shape index (κ1) is 22.8. The van der Waals surface area contributed by atoms with E-state index in [0.29, 0.717) is 5.69 Å². The number of carbonyl (C=O) groups excluding carboxylic acids is 3. The van der Waals surface area contributed by atoms with Crippen LogP contribution in [0.25, 0.3) is 21.8 Å². The van der Waals surface area contributed by atoms with Gasteiger partial charge in [-0.25, -0.2) is 0 Å². The maximum Gasteiger partial charge on any atom is 0.326 e. The van der Waals surface area contributed by atoms with Crippen LogP contribution in [0.2, 0.25) is 0 Å². The molecule has 2 aromatic carbocycles. The number of pyridine rings is 1. The molecule has 0 aliphatic rings. The quantitative estimate of drug-likeness (QED) is 0.241. The summed E-state index contributed by atoms with van der Waals surface area (Å²) < 4.78 is 4.83. The normalized spacial score (nSPS) is 12.5. The number of ether oxygens (including phenoxy) is 1. The van der Waals surface area contributed by atoms with E-state index in [1.807, 2.05) is 48.5 Å². The zero-order valence-electron chi connectivity index (χ0n) is 17.4. The van der Waals surface area contributed by atoms with E-state index >= 15 is 0 Å². The smallest absolute Gasteiger partial charge is 0.326 e. The third kappa shape index (κ3) is 5.23. The zero-order chi connectivity index (χ0) is 23.1. The maximum absolute atomic E-state index is 11.5. The molecule has 0 saturated heterocycles. The number of nitrogens with two attached hydrogens (primary N) is 1. The second-order valence-corrected chi connectivity index (χ2v) is 7.05. The molecule has 0 amide bonds. The van der Waals surface area contributed by atoms with Crippen LogP contribution in [0.3, 0.4) is 0 Å². The Balaban J connectivity index is 0.000000181. The fraction of sp³-hybridized carbons (Fsp3) is 0.167. The van der Waals surface area contributed by atoms with Crippen molar-refractivity contribution in [3.63, 3.8) is 0 Å². The molecule has 2 heterocycles. The van der Waals surface area contributed by atoms with Gasteiger partial charge in [0.2, 0.25) is 0 Å². The third-order valence-corrected chi connectivity index (χ3v) is 4.76. The number of rotatable bonds is 6. The summed E-state index contributed by atoms with van der Waals surface area (Å²) in [6.07, 6.45) is 0.358. The van der Waals surface area contributed by atoms with Gasteiger partial charge in [0.1, 0.15) is 24.4 Å². The number of carbonyl (C=O) groups is 3. The van der Waals surface area contributed by atoms with Gasteiger partial charge in [-0.1, -0.05) is 48.5 Å². The van der Waals surface area contributed by atoms with Crippen molar-refractivity contribution in [3.8, 4) is 0 Å². The molecule has 0 aliphatic heterocycles. The summed E-state index contributed by atoms with van der Waals surface area (Å²) in [5.41, 5.74) is 8.46.